The summed E-state index contributed by atoms with van der Waals surface area (Å²) in [7, 11) is 0. The zero-order valence-electron chi connectivity index (χ0n) is 8.77. The van der Waals surface area contributed by atoms with Gasteiger partial charge in [-0.2, -0.15) is 4.73 Å². The third kappa shape index (κ3) is 0.950. The number of aromatic nitrogens is 2. The molecule has 0 radical (unpaired) electrons. The Morgan fingerprint density at radius 3 is 2.73 bits per heavy atom. The first-order chi connectivity index (χ1) is 7.20. The second-order valence-corrected chi connectivity index (χ2v) is 4.32. The molecule has 3 heteroatoms. The van der Waals surface area contributed by atoms with Crippen molar-refractivity contribution in [3.8, 4) is 0 Å². The number of rotatable bonds is 0. The van der Waals surface area contributed by atoms with Gasteiger partial charge in [0.15, 0.2) is 6.20 Å². The molecular weight excluding hydrogens is 188 g/mol. The minimum atomic E-state index is 0.168. The van der Waals surface area contributed by atoms with Crippen molar-refractivity contribution < 1.29 is 4.73 Å². The van der Waals surface area contributed by atoms with Gasteiger partial charge in [0.1, 0.15) is 5.69 Å². The van der Waals surface area contributed by atoms with E-state index in [-0.39, 0.29) is 11.8 Å². The Morgan fingerprint density at radius 1 is 1.33 bits per heavy atom. The average Bonchev–Trinajstić information content (AvgIpc) is 2.73. The van der Waals surface area contributed by atoms with Gasteiger partial charge in [-0.15, -0.1) is 0 Å². The maximum absolute atomic E-state index is 11.7. The van der Waals surface area contributed by atoms with E-state index in [1.807, 2.05) is 0 Å². The molecule has 2 aliphatic carbocycles. The maximum atomic E-state index is 11.7. The second kappa shape index (κ2) is 2.69. The van der Waals surface area contributed by atoms with Crippen LogP contribution >= 0.6 is 0 Å². The highest BCUT2D eigenvalue weighted by molar-refractivity contribution is 5.54. The van der Waals surface area contributed by atoms with Crippen molar-refractivity contribution in [2.45, 2.75) is 25.7 Å². The van der Waals surface area contributed by atoms with Crippen LogP contribution in [0.15, 0.2) is 35.7 Å². The molecule has 0 fully saturated rings. The first-order valence-corrected chi connectivity index (χ1v) is 5.13. The van der Waals surface area contributed by atoms with Gasteiger partial charge in [0, 0.05) is 5.92 Å². The zero-order valence-corrected chi connectivity index (χ0v) is 8.77. The van der Waals surface area contributed by atoms with Gasteiger partial charge >= 0.3 is 0 Å². The lowest BCUT2D eigenvalue weighted by Gasteiger charge is -2.07. The summed E-state index contributed by atoms with van der Waals surface area (Å²) >= 11 is 0. The Morgan fingerprint density at radius 2 is 2.07 bits per heavy atom. The average molecular weight is 200 g/mol. The van der Waals surface area contributed by atoms with Crippen LogP contribution in [0.25, 0.3) is 0 Å². The maximum Gasteiger partial charge on any atom is 0.226 e. The molecule has 2 atom stereocenters. The number of allylic oxidation sites excluding steroid dienone is 4. The van der Waals surface area contributed by atoms with Crippen molar-refractivity contribution in [1.29, 1.82) is 0 Å². The molecule has 2 unspecified atom stereocenters. The Kier molecular flexibility index (Phi) is 1.55. The van der Waals surface area contributed by atoms with Gasteiger partial charge in [0.2, 0.25) is 5.69 Å². The van der Waals surface area contributed by atoms with Gasteiger partial charge in [-0.05, 0) is 19.4 Å². The molecule has 3 rings (SSSR count). The number of hydrogen-bond acceptors (Lipinski definition) is 2. The highest BCUT2D eigenvalue weighted by Crippen LogP contribution is 2.51. The van der Waals surface area contributed by atoms with Crippen molar-refractivity contribution in [2.24, 2.45) is 0 Å². The normalized spacial score (nSPS) is 25.9. The van der Waals surface area contributed by atoms with Crippen LogP contribution in [0.3, 0.4) is 0 Å². The highest BCUT2D eigenvalue weighted by atomic mass is 16.5. The molecule has 0 amide bonds. The van der Waals surface area contributed by atoms with Crippen molar-refractivity contribution >= 4 is 0 Å². The van der Waals surface area contributed by atoms with E-state index in [0.29, 0.717) is 0 Å². The summed E-state index contributed by atoms with van der Waals surface area (Å²) in [5.41, 5.74) is 4.40. The lowest BCUT2D eigenvalue weighted by atomic mass is 9.98. The van der Waals surface area contributed by atoms with Crippen LogP contribution in [-0.2, 0) is 0 Å². The molecule has 0 N–H and O–H groups in total. The fourth-order valence-electron chi connectivity index (χ4n) is 2.69. The molecule has 2 aliphatic rings. The predicted molar refractivity (Wildman–Crippen MR) is 56.2 cm³/mol. The Bertz CT molecular complexity index is 498. The summed E-state index contributed by atoms with van der Waals surface area (Å²) in [4.78, 5) is 4.33. The molecule has 15 heavy (non-hydrogen) atoms. The fourth-order valence-corrected chi connectivity index (χ4v) is 2.69. The van der Waals surface area contributed by atoms with Gasteiger partial charge in [0.25, 0.3) is 0 Å². The van der Waals surface area contributed by atoms with E-state index in [4.69, 9.17) is 0 Å². The quantitative estimate of drug-likeness (QED) is 0.364. The van der Waals surface area contributed by atoms with Crippen molar-refractivity contribution in [3.05, 3.63) is 52.3 Å². The fraction of sp³-hybridized carbons (Fsp3) is 0.333. The molecule has 1 heterocycles. The molecule has 0 saturated heterocycles. The van der Waals surface area contributed by atoms with E-state index in [2.05, 4.69) is 31.0 Å². The van der Waals surface area contributed by atoms with E-state index in [9.17, 15) is 5.21 Å². The Balaban J connectivity index is 2.29. The van der Waals surface area contributed by atoms with Crippen molar-refractivity contribution in [1.82, 2.24) is 4.98 Å². The summed E-state index contributed by atoms with van der Waals surface area (Å²) < 4.78 is 0.958. The van der Waals surface area contributed by atoms with E-state index < -0.39 is 0 Å². The van der Waals surface area contributed by atoms with Crippen LogP contribution in [0, 0.1) is 5.21 Å². The summed E-state index contributed by atoms with van der Waals surface area (Å²) in [5, 5.41) is 11.7. The minimum absolute atomic E-state index is 0.168. The van der Waals surface area contributed by atoms with E-state index in [1.165, 1.54) is 17.3 Å². The second-order valence-electron chi connectivity index (χ2n) is 4.32. The van der Waals surface area contributed by atoms with Gasteiger partial charge in [-0.3, -0.25) is 0 Å². The molecule has 1 aromatic rings. The van der Waals surface area contributed by atoms with Gasteiger partial charge in [-0.25, -0.2) is 4.98 Å². The minimum Gasteiger partial charge on any atom is -0.618 e. The summed E-state index contributed by atoms with van der Waals surface area (Å²) in [5.74, 6) is 0.414. The number of hydrogen-bond donors (Lipinski definition) is 0. The molecule has 2 bridgehead atoms. The van der Waals surface area contributed by atoms with Crippen LogP contribution in [0.1, 0.15) is 37.1 Å². The van der Waals surface area contributed by atoms with E-state index in [0.717, 1.165) is 16.1 Å². The van der Waals surface area contributed by atoms with Crippen molar-refractivity contribution in [2.75, 3.05) is 0 Å². The highest BCUT2D eigenvalue weighted by Gasteiger charge is 2.44. The lowest BCUT2D eigenvalue weighted by Crippen LogP contribution is -2.33. The Labute approximate surface area is 88.4 Å². The third-order valence-corrected chi connectivity index (χ3v) is 3.25. The van der Waals surface area contributed by atoms with Crippen LogP contribution in [-0.4, -0.2) is 4.98 Å². The van der Waals surface area contributed by atoms with Crippen LogP contribution in [0.4, 0.5) is 0 Å². The smallest absolute Gasteiger partial charge is 0.226 e. The number of fused-ring (bicyclic) bond motifs is 5. The summed E-state index contributed by atoms with van der Waals surface area (Å²) in [6.07, 6.45) is 7.34. The van der Waals surface area contributed by atoms with Crippen LogP contribution < -0.4 is 4.73 Å². The Hall–Kier alpha value is -1.64. The molecular formula is C12H12N2O. The lowest BCUT2D eigenvalue weighted by molar-refractivity contribution is -0.615. The molecule has 0 spiro atoms. The molecule has 3 nitrogen and oxygen atoms in total. The predicted octanol–water partition coefficient (Wildman–Crippen LogP) is 1.80. The SMILES string of the molecule is CC(C)=C1C2C=CC1c1c2ncc[n+]1[O-]. The first-order valence-electron chi connectivity index (χ1n) is 5.13. The summed E-state index contributed by atoms with van der Waals surface area (Å²) in [6, 6.07) is 0. The molecule has 1 aromatic heterocycles. The molecule has 0 saturated carbocycles. The van der Waals surface area contributed by atoms with Crippen molar-refractivity contribution in [3.63, 3.8) is 0 Å². The number of nitrogens with zero attached hydrogens (tertiary/aromatic N) is 2. The van der Waals surface area contributed by atoms with Gasteiger partial charge in [-0.1, -0.05) is 17.7 Å². The zero-order chi connectivity index (χ0) is 10.6. The van der Waals surface area contributed by atoms with Crippen LogP contribution in [0.5, 0.6) is 0 Å². The summed E-state index contributed by atoms with van der Waals surface area (Å²) in [6.45, 7) is 4.20. The monoisotopic (exact) mass is 200 g/mol. The van der Waals surface area contributed by atoms with E-state index >= 15 is 0 Å². The van der Waals surface area contributed by atoms with Gasteiger partial charge in [0.05, 0.1) is 12.1 Å². The topological polar surface area (TPSA) is 39.8 Å². The first kappa shape index (κ1) is 8.65. The third-order valence-electron chi connectivity index (χ3n) is 3.25. The molecule has 0 aromatic carbocycles. The molecule has 0 aliphatic heterocycles. The van der Waals surface area contributed by atoms with Crippen LogP contribution in [0.2, 0.25) is 0 Å². The largest absolute Gasteiger partial charge is 0.618 e. The van der Waals surface area contributed by atoms with E-state index in [1.54, 1.807) is 6.20 Å². The van der Waals surface area contributed by atoms with Gasteiger partial charge < -0.3 is 5.21 Å². The molecule has 76 valence electrons. The standard InChI is InChI=1S/C12H12N2O/c1-7(2)10-8-3-4-9(10)12-11(8)13-5-6-14(12)15/h3-6,8-9H,1-2H3.